The van der Waals surface area contributed by atoms with Gasteiger partial charge in [0.1, 0.15) is 23.8 Å². The molecule has 0 spiro atoms. The number of aryl methyl sites for hydroxylation is 1. The van der Waals surface area contributed by atoms with Crippen LogP contribution in [0.1, 0.15) is 119 Å². The van der Waals surface area contributed by atoms with Gasteiger partial charge in [-0.05, 0) is 87.6 Å². The van der Waals surface area contributed by atoms with E-state index in [1.807, 2.05) is 32.9 Å². The summed E-state index contributed by atoms with van der Waals surface area (Å²) in [6, 6.07) is 17.1. The van der Waals surface area contributed by atoms with Crippen LogP contribution in [0.15, 0.2) is 71.8 Å². The van der Waals surface area contributed by atoms with Crippen LogP contribution >= 0.6 is 0 Å². The molecule has 3 rings (SSSR count). The maximum Gasteiger partial charge on any atom is 0.337 e. The number of carboxylic acid groups (broad SMARTS) is 1. The number of carboxylic acids is 1. The van der Waals surface area contributed by atoms with Crippen molar-refractivity contribution >= 4 is 27.8 Å². The lowest BCUT2D eigenvalue weighted by molar-refractivity contribution is -0.154. The molecule has 0 fully saturated rings. The highest BCUT2D eigenvalue weighted by molar-refractivity contribution is 7.92. The van der Waals surface area contributed by atoms with Gasteiger partial charge in [0.2, 0.25) is 0 Å². The number of aromatic nitrogens is 1. The van der Waals surface area contributed by atoms with E-state index in [0.29, 0.717) is 13.0 Å². The van der Waals surface area contributed by atoms with Crippen LogP contribution in [0.3, 0.4) is 0 Å². The van der Waals surface area contributed by atoms with E-state index in [4.69, 9.17) is 14.6 Å². The summed E-state index contributed by atoms with van der Waals surface area (Å²) >= 11 is 0. The number of ether oxygens (including phenoxy) is 2. The summed E-state index contributed by atoms with van der Waals surface area (Å²) in [5.74, 6) is -0.430. The number of benzene rings is 2. The highest BCUT2D eigenvalue weighted by Gasteiger charge is 2.16. The minimum atomic E-state index is -3.87. The second kappa shape index (κ2) is 19.0. The summed E-state index contributed by atoms with van der Waals surface area (Å²) in [5.41, 5.74) is 1.70. The van der Waals surface area contributed by atoms with Crippen LogP contribution < -0.4 is 9.46 Å². The predicted octanol–water partition coefficient (Wildman–Crippen LogP) is 8.73. The van der Waals surface area contributed by atoms with Crippen LogP contribution in [-0.4, -0.2) is 36.0 Å². The zero-order valence-corrected chi connectivity index (χ0v) is 28.8. The molecule has 47 heavy (non-hydrogen) atoms. The van der Waals surface area contributed by atoms with Crippen LogP contribution in [0.2, 0.25) is 0 Å². The van der Waals surface area contributed by atoms with Gasteiger partial charge in [-0.2, -0.15) is 0 Å². The van der Waals surface area contributed by atoms with E-state index in [-0.39, 0.29) is 22.2 Å². The number of hydrogen-bond acceptors (Lipinski definition) is 7. The number of carbonyl (C=O) groups is 2. The molecule has 0 aliphatic carbocycles. The van der Waals surface area contributed by atoms with Crippen LogP contribution in [-0.2, 0) is 32.6 Å². The van der Waals surface area contributed by atoms with Gasteiger partial charge in [0.05, 0.1) is 10.5 Å². The van der Waals surface area contributed by atoms with E-state index in [1.165, 1.54) is 87.6 Å². The van der Waals surface area contributed by atoms with Crippen molar-refractivity contribution in [3.63, 3.8) is 0 Å². The molecule has 1 aromatic heterocycles. The Hall–Kier alpha value is -3.92. The number of aromatic carboxylic acids is 1. The average molecular weight is 667 g/mol. The molecule has 0 saturated carbocycles. The Morgan fingerprint density at radius 2 is 1.30 bits per heavy atom. The van der Waals surface area contributed by atoms with E-state index in [9.17, 15) is 18.0 Å². The Morgan fingerprint density at radius 3 is 1.83 bits per heavy atom. The fraction of sp³-hybridized carbons (Fsp3) is 0.486. The van der Waals surface area contributed by atoms with Crippen molar-refractivity contribution < 1.29 is 32.6 Å². The molecule has 3 aromatic rings. The number of hydrogen-bond donors (Lipinski definition) is 2. The third-order valence-electron chi connectivity index (χ3n) is 7.58. The number of sulfonamides is 1. The predicted molar refractivity (Wildman–Crippen MR) is 184 cm³/mol. The molecule has 10 heteroatoms. The lowest BCUT2D eigenvalue weighted by Crippen LogP contribution is -2.23. The number of esters is 1. The monoisotopic (exact) mass is 666 g/mol. The summed E-state index contributed by atoms with van der Waals surface area (Å²) in [6.07, 6.45) is 16.0. The maximum atomic E-state index is 12.7. The number of carbonyl (C=O) groups excluding carboxylic acids is 1. The van der Waals surface area contributed by atoms with E-state index >= 15 is 0 Å². The Kier molecular flexibility index (Phi) is 15.2. The minimum absolute atomic E-state index is 0.0293. The van der Waals surface area contributed by atoms with Crippen molar-refractivity contribution in [2.24, 2.45) is 0 Å². The Bertz CT molecular complexity index is 1480. The first-order chi connectivity index (χ1) is 22.4. The molecule has 0 amide bonds. The largest absolute Gasteiger partial charge is 0.489 e. The van der Waals surface area contributed by atoms with Gasteiger partial charge in [-0.25, -0.2) is 18.2 Å². The number of pyridine rings is 1. The quantitative estimate of drug-likeness (QED) is 0.0852. The second-order valence-corrected chi connectivity index (χ2v) is 14.6. The molecule has 0 radical (unpaired) electrons. The number of anilines is 1. The number of unbranched alkanes of at least 4 members (excludes halogenated alkanes) is 10. The van der Waals surface area contributed by atoms with Crippen LogP contribution in [0.5, 0.6) is 5.75 Å². The number of rotatable bonds is 21. The lowest BCUT2D eigenvalue weighted by Gasteiger charge is -2.19. The van der Waals surface area contributed by atoms with E-state index < -0.39 is 21.6 Å². The smallest absolute Gasteiger partial charge is 0.337 e. The van der Waals surface area contributed by atoms with Crippen LogP contribution in [0, 0.1) is 0 Å². The Labute approximate surface area is 280 Å². The molecule has 0 atom stereocenters. The first-order valence-electron chi connectivity index (χ1n) is 16.7. The highest BCUT2D eigenvalue weighted by atomic mass is 32.2. The van der Waals surface area contributed by atoms with Crippen molar-refractivity contribution in [2.45, 2.75) is 121 Å². The third-order valence-corrected chi connectivity index (χ3v) is 8.95. The summed E-state index contributed by atoms with van der Waals surface area (Å²) < 4.78 is 39.0. The topological polar surface area (TPSA) is 132 Å². The molecule has 1 heterocycles. The lowest BCUT2D eigenvalue weighted by atomic mass is 10.0. The molecule has 0 saturated heterocycles. The molecule has 256 valence electrons. The molecular formula is C37H50N2O7S. The summed E-state index contributed by atoms with van der Waals surface area (Å²) in [4.78, 5) is 26.6. The molecule has 0 unspecified atom stereocenters. The van der Waals surface area contributed by atoms with Crippen LogP contribution in [0.4, 0.5) is 5.82 Å². The van der Waals surface area contributed by atoms with Gasteiger partial charge < -0.3 is 14.6 Å². The second-order valence-electron chi connectivity index (χ2n) is 12.9. The molecule has 2 N–H and O–H groups in total. The Balaban J connectivity index is 1.23. The zero-order chi connectivity index (χ0) is 34.1. The van der Waals surface area contributed by atoms with Gasteiger partial charge in [0.25, 0.3) is 10.0 Å². The number of nitrogens with zero attached hydrogens (tertiary/aromatic N) is 1. The molecule has 0 bridgehead atoms. The molecule has 0 aliphatic heterocycles. The summed E-state index contributed by atoms with van der Waals surface area (Å²) in [5, 5.41) is 8.96. The summed E-state index contributed by atoms with van der Waals surface area (Å²) in [7, 11) is -3.87. The van der Waals surface area contributed by atoms with E-state index in [0.717, 1.165) is 36.8 Å². The maximum absolute atomic E-state index is 12.7. The average Bonchev–Trinajstić information content (AvgIpc) is 3.02. The highest BCUT2D eigenvalue weighted by Crippen LogP contribution is 2.20. The van der Waals surface area contributed by atoms with Gasteiger partial charge in [0, 0.05) is 12.6 Å². The van der Waals surface area contributed by atoms with Crippen molar-refractivity contribution in [3.8, 4) is 5.75 Å². The van der Waals surface area contributed by atoms with Crippen molar-refractivity contribution in [2.75, 3.05) is 4.72 Å². The molecule has 2 aromatic carbocycles. The summed E-state index contributed by atoms with van der Waals surface area (Å²) in [6.45, 7) is 6.02. The van der Waals surface area contributed by atoms with Crippen molar-refractivity contribution in [1.29, 1.82) is 0 Å². The van der Waals surface area contributed by atoms with E-state index in [2.05, 4.69) is 21.8 Å². The first-order valence-corrected chi connectivity index (χ1v) is 18.1. The SMILES string of the molecule is CC(C)(C)OC(=O)CCCCCCCCCCCCCc1ccc(OCc2ccc(S(=O)(=O)Nc3ccc(C(=O)O)cn3)cc2)cc1. The normalized spacial score (nSPS) is 11.6. The van der Waals surface area contributed by atoms with Gasteiger partial charge in [-0.1, -0.05) is 82.1 Å². The van der Waals surface area contributed by atoms with Crippen molar-refractivity contribution in [3.05, 3.63) is 83.6 Å². The third kappa shape index (κ3) is 15.0. The van der Waals surface area contributed by atoms with E-state index in [1.54, 1.807) is 12.1 Å². The molecule has 0 aliphatic rings. The Morgan fingerprint density at radius 1 is 0.745 bits per heavy atom. The van der Waals surface area contributed by atoms with Gasteiger partial charge >= 0.3 is 11.9 Å². The fourth-order valence-corrected chi connectivity index (χ4v) is 6.05. The van der Waals surface area contributed by atoms with Crippen LogP contribution in [0.25, 0.3) is 0 Å². The first kappa shape index (κ1) is 37.5. The van der Waals surface area contributed by atoms with Gasteiger partial charge in [0.15, 0.2) is 0 Å². The van der Waals surface area contributed by atoms with Crippen molar-refractivity contribution in [1.82, 2.24) is 4.98 Å². The number of nitrogens with one attached hydrogen (secondary N) is 1. The zero-order valence-electron chi connectivity index (χ0n) is 28.0. The molecular weight excluding hydrogens is 616 g/mol. The van der Waals surface area contributed by atoms with Gasteiger partial charge in [-0.3, -0.25) is 9.52 Å². The van der Waals surface area contributed by atoms with Gasteiger partial charge in [-0.15, -0.1) is 0 Å². The fourth-order valence-electron chi connectivity index (χ4n) is 5.04. The minimum Gasteiger partial charge on any atom is -0.489 e. The standard InChI is InChI=1S/C37H50N2O7S/c1-37(2,3)46-35(40)16-14-12-10-8-6-4-5-7-9-11-13-15-29-17-22-32(23-18-29)45-28-30-19-24-33(25-20-30)47(43,44)39-34-26-21-31(27-38-34)36(41)42/h17-27H,4-16,28H2,1-3H3,(H,38,39)(H,41,42). The molecule has 9 nitrogen and oxygen atoms in total.